The van der Waals surface area contributed by atoms with Crippen LogP contribution in [0.4, 0.5) is 66.7 Å². The zero-order valence-electron chi connectivity index (χ0n) is 69.5. The number of anilines is 4. The van der Waals surface area contributed by atoms with E-state index in [0.717, 1.165) is 131 Å². The topological polar surface area (TPSA) is 305 Å². The van der Waals surface area contributed by atoms with Crippen molar-refractivity contribution in [3.63, 3.8) is 0 Å². The van der Waals surface area contributed by atoms with Gasteiger partial charge in [-0.05, 0) is 145 Å². The lowest BCUT2D eigenvalue weighted by Gasteiger charge is -2.29. The van der Waals surface area contributed by atoms with Crippen molar-refractivity contribution in [2.24, 2.45) is 10.9 Å². The van der Waals surface area contributed by atoms with Crippen LogP contribution in [0.15, 0.2) is 224 Å². The molecule has 0 amide bonds. The summed E-state index contributed by atoms with van der Waals surface area (Å²) in [6.45, 7) is 10.3. The van der Waals surface area contributed by atoms with Gasteiger partial charge in [0.05, 0.1) is 162 Å². The van der Waals surface area contributed by atoms with E-state index in [-0.39, 0.29) is 65.8 Å². The monoisotopic (exact) mass is 1840 g/mol. The van der Waals surface area contributed by atoms with Gasteiger partial charge < -0.3 is 54.6 Å². The summed E-state index contributed by atoms with van der Waals surface area (Å²) in [5.74, 6) is -3.61. The third kappa shape index (κ3) is 20.0. The summed E-state index contributed by atoms with van der Waals surface area (Å²) < 4.78 is 164. The van der Waals surface area contributed by atoms with Gasteiger partial charge in [0.25, 0.3) is 0 Å². The van der Waals surface area contributed by atoms with Crippen LogP contribution in [0.1, 0.15) is 60.7 Å². The average Bonchev–Trinajstić information content (AvgIpc) is 0.785. The van der Waals surface area contributed by atoms with Crippen LogP contribution in [0.25, 0.3) is 88.6 Å². The molecule has 672 valence electrons. The number of carbonyl (C=O) groups is 2. The van der Waals surface area contributed by atoms with Gasteiger partial charge >= 0.3 is 0 Å². The molecule has 4 N–H and O–H groups in total. The van der Waals surface area contributed by atoms with Crippen molar-refractivity contribution in [3.05, 3.63) is 315 Å². The molecular formula is C95H75Cl2F10N17O8. The minimum atomic E-state index is -1.65. The number of fused-ring (bicyclic) bond motifs is 4. The fourth-order valence-electron chi connectivity index (χ4n) is 15.6. The van der Waals surface area contributed by atoms with Crippen molar-refractivity contribution in [1.82, 2.24) is 54.8 Å². The number of hydrazone groups is 1. The first-order chi connectivity index (χ1) is 64.1. The number of hydrogen-bond donors (Lipinski definition) is 3. The number of Topliss-reactive ketones (excluding diaryl/α,β-unsaturated/α-hetero) is 1. The number of aliphatic hydroxyl groups is 2. The van der Waals surface area contributed by atoms with E-state index >= 15 is 0 Å². The van der Waals surface area contributed by atoms with Gasteiger partial charge in [-0.25, -0.2) is 83.8 Å². The second kappa shape index (κ2) is 41.4. The van der Waals surface area contributed by atoms with Gasteiger partial charge in [0.2, 0.25) is 0 Å². The Kier molecular flexibility index (Phi) is 28.6. The summed E-state index contributed by atoms with van der Waals surface area (Å²) in [5, 5.41) is 26.6. The van der Waals surface area contributed by atoms with Crippen LogP contribution in [0, 0.1) is 52.4 Å². The van der Waals surface area contributed by atoms with E-state index < -0.39 is 93.9 Å². The molecule has 4 aliphatic rings. The first kappa shape index (κ1) is 91.3. The molecule has 19 rings (SSSR count). The average molecular weight is 1840 g/mol. The van der Waals surface area contributed by atoms with Gasteiger partial charge in [0, 0.05) is 142 Å². The van der Waals surface area contributed by atoms with Crippen molar-refractivity contribution in [1.29, 1.82) is 0 Å². The Labute approximate surface area is 755 Å². The van der Waals surface area contributed by atoms with E-state index in [1.165, 1.54) is 86.1 Å². The molecule has 4 fully saturated rings. The molecule has 11 heterocycles. The molecule has 7 aromatic heterocycles. The Balaban J connectivity index is 0.000000128. The third-order valence-electron chi connectivity index (χ3n) is 22.3. The molecular weight excluding hydrogens is 1770 g/mol. The number of carbonyl (C=O) groups excluding carboxylic acids is 2. The lowest BCUT2D eigenvalue weighted by molar-refractivity contribution is 0.102. The fraction of sp³-hybridized carbons (Fsp3) is 0.200. The number of benzene rings is 8. The van der Waals surface area contributed by atoms with Crippen LogP contribution in [0.2, 0.25) is 5.02 Å². The zero-order chi connectivity index (χ0) is 92.2. The van der Waals surface area contributed by atoms with E-state index in [2.05, 4.69) is 79.5 Å². The van der Waals surface area contributed by atoms with Crippen LogP contribution >= 0.6 is 23.2 Å². The molecule has 15 aromatic rings. The maximum atomic E-state index is 14.9. The first-order valence-corrected chi connectivity index (χ1v) is 41.9. The summed E-state index contributed by atoms with van der Waals surface area (Å²) in [6, 6.07) is 37.9. The molecule has 25 nitrogen and oxygen atoms in total. The molecule has 132 heavy (non-hydrogen) atoms. The third-order valence-corrected chi connectivity index (χ3v) is 23.0. The maximum Gasteiger partial charge on any atom is 0.199 e. The molecule has 2 atom stereocenters. The van der Waals surface area contributed by atoms with Gasteiger partial charge in [-0.15, -0.1) is 0 Å². The number of aliphatic hydroxyl groups excluding tert-OH is 2. The molecule has 37 heteroatoms. The van der Waals surface area contributed by atoms with Gasteiger partial charge in [-0.2, -0.15) is 5.10 Å². The highest BCUT2D eigenvalue weighted by Gasteiger charge is 2.29. The van der Waals surface area contributed by atoms with Crippen LogP contribution in [-0.2, 0) is 18.9 Å². The summed E-state index contributed by atoms with van der Waals surface area (Å²) in [4.78, 5) is 79.4. The van der Waals surface area contributed by atoms with Gasteiger partial charge in [-0.3, -0.25) is 24.5 Å². The van der Waals surface area contributed by atoms with Crippen LogP contribution < -0.4 is 25.4 Å². The van der Waals surface area contributed by atoms with E-state index in [1.807, 2.05) is 66.7 Å². The Morgan fingerprint density at radius 2 is 0.727 bits per heavy atom. The molecule has 0 spiro atoms. The number of hydrogen-bond acceptors (Lipinski definition) is 25. The molecule has 4 aliphatic heterocycles. The summed E-state index contributed by atoms with van der Waals surface area (Å²) >= 11 is 11.8. The number of nitrogens with two attached hydrogens (primary N) is 1. The normalized spacial score (nSPS) is 14.8. The van der Waals surface area contributed by atoms with Crippen molar-refractivity contribution >= 4 is 107 Å². The maximum absolute atomic E-state index is 14.9. The van der Waals surface area contributed by atoms with E-state index in [0.29, 0.717) is 119 Å². The first-order valence-electron chi connectivity index (χ1n) is 41.1. The molecule has 8 aromatic carbocycles. The molecule has 2 unspecified atom stereocenters. The van der Waals surface area contributed by atoms with E-state index in [4.69, 9.17) is 48.0 Å². The second-order valence-electron chi connectivity index (χ2n) is 30.2. The summed E-state index contributed by atoms with van der Waals surface area (Å²) in [6.07, 6.45) is 8.82. The highest BCUT2D eigenvalue weighted by molar-refractivity contribution is 6.37. The largest absolute Gasteiger partial charge is 0.384 e. The smallest absolute Gasteiger partial charge is 0.199 e. The minimum absolute atomic E-state index is 0.0299. The molecule has 0 bridgehead atoms. The molecule has 0 aliphatic carbocycles. The lowest BCUT2D eigenvalue weighted by atomic mass is 9.97. The van der Waals surface area contributed by atoms with E-state index in [9.17, 15) is 63.7 Å². The number of aromatic nitrogens is 11. The number of nitrogens with zero attached hydrogens (tertiary/aromatic N) is 16. The Hall–Kier alpha value is -14.0. The number of alkyl halides is 1. The van der Waals surface area contributed by atoms with E-state index in [1.54, 1.807) is 6.07 Å². The number of ether oxygens (including phenoxy) is 4. The highest BCUT2D eigenvalue weighted by atomic mass is 35.5. The molecule has 0 saturated carbocycles. The standard InChI is InChI=1S/C24H19ClF2N4O2.C24H19F3N4O2.C24H17F3N4O2.C23H20ClF2N5O2/c25-22-18(11-28-12-20(22)27)24(32)14-1-4-19(26)17(9-14)23-16-3-2-15(10-21(16)29-13-30-23)31-5-7-33-8-6-31;2*25-18-4-1-14(24(32)22-19(26)11-28-12-20(22)27)9-17(18)23-16-3-2-15(10-21(16)29-13-30-23)31-5-7-33-8-6-31;24-19(11-25)18(12-30-27)23(32)14-1-4-20(26)17(9-14)22-16-3-2-15(10-21(16)28-13-29-22)31-5-7-33-8-6-31/h2*1-4,9-13,24,32H,5-8H2;1-4,9-13H,5-8H2;1-4,9-10,12-13H,5-8,11,27H2/b;;;19-18-,30-12-. The number of morpholine rings is 4. The highest BCUT2D eigenvalue weighted by Crippen LogP contribution is 2.40. The zero-order valence-corrected chi connectivity index (χ0v) is 71.0. The number of allylic oxidation sites excluding steroid dienone is 2. The number of pyridine rings is 3. The number of halogens is 12. The summed E-state index contributed by atoms with van der Waals surface area (Å²) in [7, 11) is 0. The van der Waals surface area contributed by atoms with Crippen LogP contribution in [-0.4, -0.2) is 195 Å². The lowest BCUT2D eigenvalue weighted by Crippen LogP contribution is -2.36. The van der Waals surface area contributed by atoms with Gasteiger partial charge in [0.1, 0.15) is 67.5 Å². The van der Waals surface area contributed by atoms with Crippen molar-refractivity contribution < 1.29 is 82.7 Å². The van der Waals surface area contributed by atoms with Crippen molar-refractivity contribution in [3.8, 4) is 45.0 Å². The van der Waals surface area contributed by atoms with Crippen molar-refractivity contribution in [2.75, 3.05) is 131 Å². The van der Waals surface area contributed by atoms with Crippen LogP contribution in [0.3, 0.4) is 0 Å². The van der Waals surface area contributed by atoms with Gasteiger partial charge in [-0.1, -0.05) is 35.3 Å². The second-order valence-corrected chi connectivity index (χ2v) is 31.0. The number of rotatable bonds is 18. The quantitative estimate of drug-likeness (QED) is 0.0179. The minimum Gasteiger partial charge on any atom is -0.384 e. The van der Waals surface area contributed by atoms with Gasteiger partial charge in [0.15, 0.2) is 40.7 Å². The Morgan fingerprint density at radius 1 is 0.402 bits per heavy atom. The molecule has 4 saturated heterocycles. The van der Waals surface area contributed by atoms with Crippen molar-refractivity contribution in [2.45, 2.75) is 12.2 Å². The predicted molar refractivity (Wildman–Crippen MR) is 477 cm³/mol. The fourth-order valence-corrected chi connectivity index (χ4v) is 15.9. The predicted octanol–water partition coefficient (Wildman–Crippen LogP) is 16.6. The number of ketones is 2. The molecule has 0 radical (unpaired) electrons. The SMILES string of the molecule is N/N=C\C(C(=O)c1ccc(F)c(-c2ncnc3cc(N4CCOCC4)ccc23)c1)=C(\Cl)CF.O=C(c1ccc(F)c(-c2ncnc3cc(N4CCOCC4)ccc23)c1)c1c(F)cncc1F.OC(c1ccc(F)c(-c2ncnc3cc(N4CCOCC4)ccc23)c1)c1c(F)cncc1F.OC(c1ccc(F)c(-c2ncnc3cc(N4CCOCC4)ccc23)c1)c1cncc(F)c1Cl. The Bertz CT molecular complexity index is 6880. The summed E-state index contributed by atoms with van der Waals surface area (Å²) in [5.41, 5.74) is 7.25. The Morgan fingerprint density at radius 3 is 1.10 bits per heavy atom. The van der Waals surface area contributed by atoms with Crippen LogP contribution in [0.5, 0.6) is 0 Å².